The van der Waals surface area contributed by atoms with Crippen molar-refractivity contribution in [2.75, 3.05) is 6.61 Å². The Hall–Kier alpha value is -1.95. The normalized spacial score (nSPS) is 11.9. The van der Waals surface area contributed by atoms with Gasteiger partial charge in [0.2, 0.25) is 0 Å². The first-order valence-corrected chi connectivity index (χ1v) is 4.61. The van der Waals surface area contributed by atoms with Crippen LogP contribution in [-0.2, 0) is 4.79 Å². The Morgan fingerprint density at radius 2 is 2.25 bits per heavy atom. The van der Waals surface area contributed by atoms with Gasteiger partial charge in [-0.1, -0.05) is 0 Å². The Balaban J connectivity index is 2.75. The molecule has 1 amide bonds. The van der Waals surface area contributed by atoms with Gasteiger partial charge >= 0.3 is 5.97 Å². The second-order valence-electron chi connectivity index (χ2n) is 3.23. The first-order chi connectivity index (χ1) is 7.54. The number of carboxylic acids is 1. The number of nitrogens with zero attached hydrogens (tertiary/aromatic N) is 1. The van der Waals surface area contributed by atoms with E-state index in [0.29, 0.717) is 11.3 Å². The van der Waals surface area contributed by atoms with Gasteiger partial charge in [-0.25, -0.2) is 4.79 Å². The van der Waals surface area contributed by atoms with Crippen LogP contribution in [0.5, 0.6) is 0 Å². The standard InChI is InChI=1S/C10H12N2O4/c1-6-4-7(2-3-11-6)9(14)12-8(5-13)10(15)16/h2-4,8,13H,5H2,1H3,(H,12,14)(H,15,16). The molecule has 86 valence electrons. The minimum absolute atomic E-state index is 0.312. The molecule has 1 atom stereocenters. The van der Waals surface area contributed by atoms with Gasteiger partial charge in [0.25, 0.3) is 5.91 Å². The smallest absolute Gasteiger partial charge is 0.328 e. The molecule has 16 heavy (non-hydrogen) atoms. The third kappa shape index (κ3) is 3.03. The molecule has 0 aliphatic carbocycles. The summed E-state index contributed by atoms with van der Waals surface area (Å²) in [5, 5.41) is 19.6. The minimum Gasteiger partial charge on any atom is -0.480 e. The molecule has 0 bridgehead atoms. The van der Waals surface area contributed by atoms with E-state index in [4.69, 9.17) is 10.2 Å². The molecule has 1 aromatic heterocycles. The Bertz CT molecular complexity index is 406. The maximum absolute atomic E-state index is 11.6. The van der Waals surface area contributed by atoms with Crippen LogP contribution >= 0.6 is 0 Å². The van der Waals surface area contributed by atoms with E-state index in [2.05, 4.69) is 10.3 Å². The summed E-state index contributed by atoms with van der Waals surface area (Å²) in [6, 6.07) is 1.71. The number of pyridine rings is 1. The molecule has 0 saturated carbocycles. The van der Waals surface area contributed by atoms with Crippen LogP contribution in [0, 0.1) is 6.92 Å². The highest BCUT2D eigenvalue weighted by Crippen LogP contribution is 2.01. The van der Waals surface area contributed by atoms with E-state index in [1.165, 1.54) is 18.3 Å². The average Bonchev–Trinajstić information content (AvgIpc) is 2.25. The minimum atomic E-state index is -1.29. The number of hydrogen-bond donors (Lipinski definition) is 3. The molecule has 0 radical (unpaired) electrons. The van der Waals surface area contributed by atoms with E-state index < -0.39 is 24.5 Å². The van der Waals surface area contributed by atoms with Crippen molar-refractivity contribution >= 4 is 11.9 Å². The van der Waals surface area contributed by atoms with Crippen LogP contribution in [0.1, 0.15) is 16.1 Å². The van der Waals surface area contributed by atoms with Crippen molar-refractivity contribution in [1.82, 2.24) is 10.3 Å². The first kappa shape index (κ1) is 12.1. The zero-order valence-electron chi connectivity index (χ0n) is 8.67. The molecule has 0 aliphatic rings. The molecule has 0 aliphatic heterocycles. The Labute approximate surface area is 91.9 Å². The molecule has 1 rings (SSSR count). The van der Waals surface area contributed by atoms with Crippen LogP contribution in [0.3, 0.4) is 0 Å². The average molecular weight is 224 g/mol. The second kappa shape index (κ2) is 5.22. The van der Waals surface area contributed by atoms with Crippen molar-refractivity contribution in [3.8, 4) is 0 Å². The monoisotopic (exact) mass is 224 g/mol. The number of aromatic nitrogens is 1. The number of rotatable bonds is 4. The Morgan fingerprint density at radius 1 is 1.56 bits per heavy atom. The van der Waals surface area contributed by atoms with Gasteiger partial charge in [0.05, 0.1) is 6.61 Å². The summed E-state index contributed by atoms with van der Waals surface area (Å²) in [4.78, 5) is 26.0. The van der Waals surface area contributed by atoms with Crippen molar-refractivity contribution in [2.45, 2.75) is 13.0 Å². The van der Waals surface area contributed by atoms with E-state index in [1.807, 2.05) is 0 Å². The first-order valence-electron chi connectivity index (χ1n) is 4.61. The van der Waals surface area contributed by atoms with Crippen molar-refractivity contribution in [2.24, 2.45) is 0 Å². The maximum atomic E-state index is 11.6. The van der Waals surface area contributed by atoms with Crippen LogP contribution < -0.4 is 5.32 Å². The Kier molecular flexibility index (Phi) is 3.96. The van der Waals surface area contributed by atoms with E-state index in [1.54, 1.807) is 6.92 Å². The molecule has 3 N–H and O–H groups in total. The van der Waals surface area contributed by atoms with E-state index in [9.17, 15) is 9.59 Å². The molecule has 1 heterocycles. The summed E-state index contributed by atoms with van der Waals surface area (Å²) in [7, 11) is 0. The van der Waals surface area contributed by atoms with Gasteiger partial charge in [-0.3, -0.25) is 9.78 Å². The topological polar surface area (TPSA) is 99.5 Å². The fourth-order valence-corrected chi connectivity index (χ4v) is 1.11. The lowest BCUT2D eigenvalue weighted by molar-refractivity contribution is -0.140. The third-order valence-electron chi connectivity index (χ3n) is 1.94. The highest BCUT2D eigenvalue weighted by Gasteiger charge is 2.19. The van der Waals surface area contributed by atoms with E-state index in [-0.39, 0.29) is 0 Å². The van der Waals surface area contributed by atoms with Gasteiger partial charge < -0.3 is 15.5 Å². The molecular formula is C10H12N2O4. The number of carbonyl (C=O) groups is 2. The van der Waals surface area contributed by atoms with Crippen molar-refractivity contribution in [1.29, 1.82) is 0 Å². The number of hydrogen-bond acceptors (Lipinski definition) is 4. The summed E-state index contributed by atoms with van der Waals surface area (Å²) in [6.07, 6.45) is 1.46. The summed E-state index contributed by atoms with van der Waals surface area (Å²) >= 11 is 0. The molecule has 1 unspecified atom stereocenters. The SMILES string of the molecule is Cc1cc(C(=O)NC(CO)C(=O)O)ccn1. The largest absolute Gasteiger partial charge is 0.480 e. The maximum Gasteiger partial charge on any atom is 0.328 e. The van der Waals surface area contributed by atoms with Crippen LogP contribution in [0.15, 0.2) is 18.3 Å². The summed E-state index contributed by atoms with van der Waals surface area (Å²) in [6.45, 7) is 1.07. The van der Waals surface area contributed by atoms with Gasteiger partial charge in [0, 0.05) is 17.5 Å². The van der Waals surface area contributed by atoms with E-state index in [0.717, 1.165) is 0 Å². The number of carbonyl (C=O) groups excluding carboxylic acids is 1. The lowest BCUT2D eigenvalue weighted by atomic mass is 10.2. The fraction of sp³-hybridized carbons (Fsp3) is 0.300. The fourth-order valence-electron chi connectivity index (χ4n) is 1.11. The molecular weight excluding hydrogens is 212 g/mol. The second-order valence-corrected chi connectivity index (χ2v) is 3.23. The molecule has 1 aromatic rings. The third-order valence-corrected chi connectivity index (χ3v) is 1.94. The van der Waals surface area contributed by atoms with Gasteiger partial charge in [-0.15, -0.1) is 0 Å². The van der Waals surface area contributed by atoms with Crippen LogP contribution in [0.4, 0.5) is 0 Å². The summed E-state index contributed by atoms with van der Waals surface area (Å²) in [5.74, 6) is -1.83. The molecule has 6 nitrogen and oxygen atoms in total. The molecule has 6 heteroatoms. The Morgan fingerprint density at radius 3 is 2.75 bits per heavy atom. The van der Waals surface area contributed by atoms with Crippen molar-refractivity contribution in [3.05, 3.63) is 29.6 Å². The number of nitrogens with one attached hydrogen (secondary N) is 1. The number of amides is 1. The number of carboxylic acid groups (broad SMARTS) is 1. The van der Waals surface area contributed by atoms with Crippen molar-refractivity contribution in [3.63, 3.8) is 0 Å². The lowest BCUT2D eigenvalue weighted by Gasteiger charge is -2.11. The number of aliphatic carboxylic acids is 1. The number of aryl methyl sites for hydroxylation is 1. The van der Waals surface area contributed by atoms with Crippen LogP contribution in [0.25, 0.3) is 0 Å². The van der Waals surface area contributed by atoms with Crippen LogP contribution in [0.2, 0.25) is 0 Å². The zero-order chi connectivity index (χ0) is 12.1. The molecule has 0 spiro atoms. The highest BCUT2D eigenvalue weighted by molar-refractivity contribution is 5.96. The molecule has 0 fully saturated rings. The van der Waals surface area contributed by atoms with Gasteiger partial charge in [0.15, 0.2) is 6.04 Å². The number of aliphatic hydroxyl groups excluding tert-OH is 1. The number of aliphatic hydroxyl groups is 1. The van der Waals surface area contributed by atoms with E-state index >= 15 is 0 Å². The van der Waals surface area contributed by atoms with Gasteiger partial charge in [0.1, 0.15) is 0 Å². The molecule has 0 saturated heterocycles. The summed E-state index contributed by atoms with van der Waals surface area (Å²) < 4.78 is 0. The van der Waals surface area contributed by atoms with Crippen LogP contribution in [-0.4, -0.2) is 39.7 Å². The van der Waals surface area contributed by atoms with Gasteiger partial charge in [-0.05, 0) is 19.1 Å². The van der Waals surface area contributed by atoms with Gasteiger partial charge in [-0.2, -0.15) is 0 Å². The highest BCUT2D eigenvalue weighted by atomic mass is 16.4. The predicted molar refractivity (Wildman–Crippen MR) is 54.9 cm³/mol. The molecule has 0 aromatic carbocycles. The van der Waals surface area contributed by atoms with Crippen molar-refractivity contribution < 1.29 is 19.8 Å². The quantitative estimate of drug-likeness (QED) is 0.644. The predicted octanol–water partition coefficient (Wildman–Crippen LogP) is -0.435. The lowest BCUT2D eigenvalue weighted by Crippen LogP contribution is -2.43. The zero-order valence-corrected chi connectivity index (χ0v) is 8.67. The summed E-state index contributed by atoms with van der Waals surface area (Å²) in [5.41, 5.74) is 0.968.